The molecule has 0 saturated carbocycles. The third-order valence-corrected chi connectivity index (χ3v) is 3.59. The van der Waals surface area contributed by atoms with Gasteiger partial charge in [-0.3, -0.25) is 0 Å². The third-order valence-electron chi connectivity index (χ3n) is 2.87. The summed E-state index contributed by atoms with van der Waals surface area (Å²) in [5.74, 6) is 1.77. The number of hydrogen-bond donors (Lipinski definition) is 0. The normalized spacial score (nSPS) is 13.3. The molecule has 1 atom stereocenters. The molecule has 0 aliphatic rings. The lowest BCUT2D eigenvalue weighted by molar-refractivity contribution is 0.534. The van der Waals surface area contributed by atoms with E-state index in [0.717, 1.165) is 32.2 Å². The number of aromatic nitrogens is 2. The second kappa shape index (κ2) is 6.95. The van der Waals surface area contributed by atoms with Crippen LogP contribution in [-0.4, -0.2) is 14.9 Å². The first-order valence-electron chi connectivity index (χ1n) is 6.29. The summed E-state index contributed by atoms with van der Waals surface area (Å²) >= 11 is 6.23. The molecule has 1 heterocycles. The third kappa shape index (κ3) is 4.17. The number of hydrogen-bond acceptors (Lipinski definition) is 1. The van der Waals surface area contributed by atoms with Crippen molar-refractivity contribution in [1.82, 2.24) is 9.55 Å². The zero-order valence-electron chi connectivity index (χ0n) is 10.6. The second-order valence-electron chi connectivity index (χ2n) is 4.69. The van der Waals surface area contributed by atoms with Crippen LogP contribution >= 0.6 is 11.6 Å². The number of rotatable bonds is 7. The van der Waals surface area contributed by atoms with E-state index in [9.17, 15) is 0 Å². The molecule has 0 saturated heterocycles. The maximum absolute atomic E-state index is 6.23. The van der Waals surface area contributed by atoms with Crippen LogP contribution in [0, 0.1) is 5.92 Å². The van der Waals surface area contributed by atoms with Gasteiger partial charge in [-0.1, -0.05) is 20.8 Å². The molecule has 0 bridgehead atoms. The minimum atomic E-state index is 0.301. The summed E-state index contributed by atoms with van der Waals surface area (Å²) in [4.78, 5) is 4.40. The summed E-state index contributed by atoms with van der Waals surface area (Å²) < 4.78 is 2.25. The van der Waals surface area contributed by atoms with E-state index in [-0.39, 0.29) is 0 Å². The van der Waals surface area contributed by atoms with E-state index >= 15 is 0 Å². The van der Waals surface area contributed by atoms with Crippen LogP contribution in [0.1, 0.15) is 45.9 Å². The van der Waals surface area contributed by atoms with Crippen LogP contribution in [0.4, 0.5) is 0 Å². The summed E-state index contributed by atoms with van der Waals surface area (Å²) in [6.07, 6.45) is 8.38. The molecule has 0 fully saturated rings. The van der Waals surface area contributed by atoms with Gasteiger partial charge in [0.05, 0.1) is 0 Å². The smallest absolute Gasteiger partial charge is 0.108 e. The van der Waals surface area contributed by atoms with Crippen molar-refractivity contribution in [2.24, 2.45) is 5.92 Å². The van der Waals surface area contributed by atoms with Gasteiger partial charge in [-0.05, 0) is 25.2 Å². The maximum Gasteiger partial charge on any atom is 0.108 e. The molecule has 1 aromatic rings. The minimum absolute atomic E-state index is 0.301. The molecular weight excluding hydrogens is 220 g/mol. The maximum atomic E-state index is 6.23. The lowest BCUT2D eigenvalue weighted by atomic mass is 10.0. The first kappa shape index (κ1) is 13.6. The van der Waals surface area contributed by atoms with Crippen LogP contribution in [0.5, 0.6) is 0 Å². The van der Waals surface area contributed by atoms with Crippen molar-refractivity contribution >= 4 is 11.6 Å². The van der Waals surface area contributed by atoms with Crippen molar-refractivity contribution in [2.45, 2.75) is 58.4 Å². The standard InChI is InChI=1S/C13H23ClN2/c1-4-9-16-10-8-15-13(16)7-5-6-12(14)11(2)3/h8,10-12H,4-7,9H2,1-3H3. The highest BCUT2D eigenvalue weighted by Crippen LogP contribution is 2.16. The highest BCUT2D eigenvalue weighted by molar-refractivity contribution is 6.20. The molecule has 0 aliphatic carbocycles. The summed E-state index contributed by atoms with van der Waals surface area (Å²) in [6, 6.07) is 0. The minimum Gasteiger partial charge on any atom is -0.335 e. The van der Waals surface area contributed by atoms with Gasteiger partial charge in [0, 0.05) is 30.7 Å². The average Bonchev–Trinajstić information content (AvgIpc) is 2.66. The van der Waals surface area contributed by atoms with Gasteiger partial charge in [-0.25, -0.2) is 4.98 Å². The van der Waals surface area contributed by atoms with E-state index in [4.69, 9.17) is 11.6 Å². The molecule has 0 aromatic carbocycles. The molecule has 3 heteroatoms. The molecule has 92 valence electrons. The Kier molecular flexibility index (Phi) is 5.89. The van der Waals surface area contributed by atoms with E-state index in [0.29, 0.717) is 11.3 Å². The first-order valence-corrected chi connectivity index (χ1v) is 6.72. The number of halogens is 1. The van der Waals surface area contributed by atoms with Crippen LogP contribution in [0.25, 0.3) is 0 Å². The zero-order valence-corrected chi connectivity index (χ0v) is 11.4. The number of aryl methyl sites for hydroxylation is 2. The van der Waals surface area contributed by atoms with Crippen molar-refractivity contribution in [1.29, 1.82) is 0 Å². The van der Waals surface area contributed by atoms with E-state index in [1.807, 2.05) is 6.20 Å². The fraction of sp³-hybridized carbons (Fsp3) is 0.769. The van der Waals surface area contributed by atoms with E-state index < -0.39 is 0 Å². The van der Waals surface area contributed by atoms with Crippen molar-refractivity contribution < 1.29 is 0 Å². The van der Waals surface area contributed by atoms with Gasteiger partial charge in [-0.2, -0.15) is 0 Å². The number of nitrogens with zero attached hydrogens (tertiary/aromatic N) is 2. The van der Waals surface area contributed by atoms with Crippen LogP contribution in [0.3, 0.4) is 0 Å². The Labute approximate surface area is 104 Å². The van der Waals surface area contributed by atoms with Crippen LogP contribution < -0.4 is 0 Å². The van der Waals surface area contributed by atoms with Crippen molar-refractivity contribution in [2.75, 3.05) is 0 Å². The van der Waals surface area contributed by atoms with Crippen LogP contribution in [0.2, 0.25) is 0 Å². The fourth-order valence-corrected chi connectivity index (χ4v) is 1.96. The Morgan fingerprint density at radius 3 is 2.81 bits per heavy atom. The largest absolute Gasteiger partial charge is 0.335 e. The summed E-state index contributed by atoms with van der Waals surface area (Å²) in [5, 5.41) is 0.301. The fourth-order valence-electron chi connectivity index (χ4n) is 1.80. The molecule has 0 amide bonds. The molecule has 0 spiro atoms. The predicted octanol–water partition coefficient (Wildman–Crippen LogP) is 3.88. The summed E-state index contributed by atoms with van der Waals surface area (Å²) in [7, 11) is 0. The van der Waals surface area contributed by atoms with Gasteiger partial charge in [0.2, 0.25) is 0 Å². The monoisotopic (exact) mass is 242 g/mol. The van der Waals surface area contributed by atoms with Gasteiger partial charge in [0.1, 0.15) is 5.82 Å². The van der Waals surface area contributed by atoms with Gasteiger partial charge in [0.15, 0.2) is 0 Å². The molecule has 1 rings (SSSR count). The summed E-state index contributed by atoms with van der Waals surface area (Å²) in [5.41, 5.74) is 0. The molecule has 2 nitrogen and oxygen atoms in total. The van der Waals surface area contributed by atoms with Crippen molar-refractivity contribution in [3.63, 3.8) is 0 Å². The van der Waals surface area contributed by atoms with Crippen LogP contribution in [0.15, 0.2) is 12.4 Å². The topological polar surface area (TPSA) is 17.8 Å². The second-order valence-corrected chi connectivity index (χ2v) is 5.25. The van der Waals surface area contributed by atoms with E-state index in [2.05, 4.69) is 36.5 Å². The van der Waals surface area contributed by atoms with Gasteiger partial charge in [-0.15, -0.1) is 11.6 Å². The molecule has 0 radical (unpaired) electrons. The van der Waals surface area contributed by atoms with Gasteiger partial charge in [0.25, 0.3) is 0 Å². The van der Waals surface area contributed by atoms with E-state index in [1.165, 1.54) is 5.82 Å². The van der Waals surface area contributed by atoms with Crippen LogP contribution in [-0.2, 0) is 13.0 Å². The SMILES string of the molecule is CCCn1ccnc1CCCC(Cl)C(C)C. The van der Waals surface area contributed by atoms with Crippen molar-refractivity contribution in [3.05, 3.63) is 18.2 Å². The van der Waals surface area contributed by atoms with Crippen molar-refractivity contribution in [3.8, 4) is 0 Å². The molecule has 0 aliphatic heterocycles. The number of imidazole rings is 1. The Bertz CT molecular complexity index is 294. The molecule has 16 heavy (non-hydrogen) atoms. The van der Waals surface area contributed by atoms with E-state index in [1.54, 1.807) is 0 Å². The highest BCUT2D eigenvalue weighted by atomic mass is 35.5. The number of alkyl halides is 1. The lowest BCUT2D eigenvalue weighted by Crippen LogP contribution is -2.09. The predicted molar refractivity (Wildman–Crippen MR) is 69.9 cm³/mol. The molecule has 1 aromatic heterocycles. The lowest BCUT2D eigenvalue weighted by Gasteiger charge is -2.13. The Morgan fingerprint density at radius 1 is 1.44 bits per heavy atom. The Hall–Kier alpha value is -0.500. The first-order chi connectivity index (χ1) is 7.65. The highest BCUT2D eigenvalue weighted by Gasteiger charge is 2.10. The Balaban J connectivity index is 2.34. The van der Waals surface area contributed by atoms with Gasteiger partial charge < -0.3 is 4.57 Å². The van der Waals surface area contributed by atoms with Gasteiger partial charge >= 0.3 is 0 Å². The summed E-state index contributed by atoms with van der Waals surface area (Å²) in [6.45, 7) is 7.62. The average molecular weight is 243 g/mol. The quantitative estimate of drug-likeness (QED) is 0.664. The Morgan fingerprint density at radius 2 is 2.19 bits per heavy atom. The zero-order chi connectivity index (χ0) is 12.0. The molecule has 0 N–H and O–H groups in total. The molecule has 1 unspecified atom stereocenters. The molecular formula is C13H23ClN2.